The van der Waals surface area contributed by atoms with Crippen LogP contribution < -0.4 is 0 Å². The first-order valence-corrected chi connectivity index (χ1v) is 13.6. The zero-order valence-corrected chi connectivity index (χ0v) is 23.1. The van der Waals surface area contributed by atoms with Gasteiger partial charge in [0.2, 0.25) is 0 Å². The average Bonchev–Trinajstić information content (AvgIpc) is 2.86. The van der Waals surface area contributed by atoms with E-state index in [4.69, 9.17) is 5.11 Å². The Hall–Kier alpha value is -1.72. The van der Waals surface area contributed by atoms with E-state index in [1.807, 2.05) is 0 Å². The molecule has 44 heavy (non-hydrogen) atoms. The fraction of sp³-hybridized carbons (Fsp3) is 0.960. The molecule has 0 radical (unpaired) electrons. The highest BCUT2D eigenvalue weighted by atomic mass is 19.4. The third-order valence-electron chi connectivity index (χ3n) is 6.92. The highest BCUT2D eigenvalue weighted by Crippen LogP contribution is 2.64. The van der Waals surface area contributed by atoms with Crippen LogP contribution in [0.4, 0.5) is 74.6 Å². The molecule has 0 saturated heterocycles. The third kappa shape index (κ3) is 9.41. The molecule has 0 aromatic rings. The van der Waals surface area contributed by atoms with Crippen LogP contribution in [0.25, 0.3) is 0 Å². The summed E-state index contributed by atoms with van der Waals surface area (Å²) in [6.45, 7) is 0. The fourth-order valence-electron chi connectivity index (χ4n) is 4.10. The maximum Gasteiger partial charge on any atom is 0.460 e. The van der Waals surface area contributed by atoms with Crippen LogP contribution in [-0.4, -0.2) is 58.7 Å². The molecule has 19 heteroatoms. The summed E-state index contributed by atoms with van der Waals surface area (Å²) in [5.74, 6) is -56.7. The molecule has 2 nitrogen and oxygen atoms in total. The van der Waals surface area contributed by atoms with Crippen LogP contribution in [-0.2, 0) is 4.79 Å². The number of unbranched alkanes of at least 4 members (excludes halogenated alkanes) is 13. The number of hydrogen-bond acceptors (Lipinski definition) is 1. The van der Waals surface area contributed by atoms with Gasteiger partial charge in [0.1, 0.15) is 0 Å². The van der Waals surface area contributed by atoms with Gasteiger partial charge in [0.15, 0.2) is 0 Å². The van der Waals surface area contributed by atoms with Crippen molar-refractivity contribution in [2.75, 3.05) is 0 Å². The molecule has 0 atom stereocenters. The predicted octanol–water partition coefficient (Wildman–Crippen LogP) is 11.3. The van der Waals surface area contributed by atoms with Crippen molar-refractivity contribution in [3.05, 3.63) is 0 Å². The summed E-state index contributed by atoms with van der Waals surface area (Å²) in [7, 11) is 0. The minimum atomic E-state index is -8.59. The van der Waals surface area contributed by atoms with Gasteiger partial charge in [-0.15, -0.1) is 0 Å². The van der Waals surface area contributed by atoms with E-state index in [2.05, 4.69) is 0 Å². The molecule has 0 bridgehead atoms. The molecule has 0 saturated carbocycles. The number of carbonyl (C=O) groups is 1. The van der Waals surface area contributed by atoms with Crippen LogP contribution in [0.1, 0.15) is 103 Å². The number of carboxylic acid groups (broad SMARTS) is 1. The van der Waals surface area contributed by atoms with E-state index in [9.17, 15) is 79.4 Å². The summed E-state index contributed by atoms with van der Waals surface area (Å²) < 4.78 is 226. The Kier molecular flexibility index (Phi) is 15.1. The first-order chi connectivity index (χ1) is 19.7. The smallest absolute Gasteiger partial charge is 0.460 e. The van der Waals surface area contributed by atoms with E-state index in [-0.39, 0.29) is 19.3 Å². The van der Waals surface area contributed by atoms with Crippen molar-refractivity contribution in [3.8, 4) is 0 Å². The number of alkyl halides is 17. The number of hydrogen-bond donors (Lipinski definition) is 1. The molecule has 0 aliphatic rings. The Morgan fingerprint density at radius 3 is 0.909 bits per heavy atom. The van der Waals surface area contributed by atoms with Crippen molar-refractivity contribution in [3.63, 3.8) is 0 Å². The summed E-state index contributed by atoms with van der Waals surface area (Å²) >= 11 is 0. The first kappa shape index (κ1) is 42.3. The second kappa shape index (κ2) is 15.7. The van der Waals surface area contributed by atoms with Gasteiger partial charge in [-0.1, -0.05) is 77.0 Å². The molecule has 264 valence electrons. The zero-order chi connectivity index (χ0) is 34.9. The normalized spacial score (nSPS) is 14.8. The lowest BCUT2D eigenvalue weighted by Crippen LogP contribution is -2.74. The van der Waals surface area contributed by atoms with Crippen LogP contribution in [0.3, 0.4) is 0 Å². The third-order valence-corrected chi connectivity index (χ3v) is 6.92. The molecule has 0 unspecified atom stereocenters. The molecular weight excluding hydrogens is 655 g/mol. The van der Waals surface area contributed by atoms with Crippen LogP contribution in [0.2, 0.25) is 0 Å². The molecule has 0 rings (SSSR count). The molecule has 0 aromatic carbocycles. The van der Waals surface area contributed by atoms with Crippen LogP contribution in [0.15, 0.2) is 0 Å². The summed E-state index contributed by atoms with van der Waals surface area (Å²) in [6, 6.07) is 0. The Morgan fingerprint density at radius 2 is 0.614 bits per heavy atom. The maximum absolute atomic E-state index is 13.9. The SMILES string of the molecule is O=C(O)CCCCCCCCCCCCCCCCC(F)(F)C(F)(F)C(F)(F)C(F)(F)C(F)(F)C(F)(F)C(F)(F)C(F)(F)F. The molecule has 0 aliphatic carbocycles. The highest BCUT2D eigenvalue weighted by molar-refractivity contribution is 5.66. The number of halogens is 17. The summed E-state index contributed by atoms with van der Waals surface area (Å²) in [5.41, 5.74) is 0. The van der Waals surface area contributed by atoms with Gasteiger partial charge >= 0.3 is 53.6 Å². The van der Waals surface area contributed by atoms with Crippen LogP contribution >= 0.6 is 0 Å². The first-order valence-electron chi connectivity index (χ1n) is 13.6. The lowest BCUT2D eigenvalue weighted by Gasteiger charge is -2.42. The molecule has 0 spiro atoms. The van der Waals surface area contributed by atoms with Crippen molar-refractivity contribution in [2.24, 2.45) is 0 Å². The second-order valence-electron chi connectivity index (χ2n) is 10.5. The minimum Gasteiger partial charge on any atom is -0.481 e. The average molecular weight is 689 g/mol. The van der Waals surface area contributed by atoms with E-state index >= 15 is 0 Å². The molecule has 0 heterocycles. The quantitative estimate of drug-likeness (QED) is 0.0857. The summed E-state index contributed by atoms with van der Waals surface area (Å²) in [4.78, 5) is 10.4. The number of aliphatic carboxylic acids is 1. The van der Waals surface area contributed by atoms with Crippen LogP contribution in [0, 0.1) is 0 Å². The lowest BCUT2D eigenvalue weighted by molar-refractivity contribution is -0.461. The monoisotopic (exact) mass is 688 g/mol. The largest absolute Gasteiger partial charge is 0.481 e. The summed E-state index contributed by atoms with van der Waals surface area (Å²) in [5, 5.41) is 8.52. The summed E-state index contributed by atoms with van der Waals surface area (Å²) in [6.07, 6.45) is -3.16. The topological polar surface area (TPSA) is 37.3 Å². The number of rotatable bonds is 23. The number of carboxylic acids is 1. The van der Waals surface area contributed by atoms with Gasteiger partial charge < -0.3 is 5.11 Å². The van der Waals surface area contributed by atoms with Gasteiger partial charge in [0.25, 0.3) is 0 Å². The zero-order valence-electron chi connectivity index (χ0n) is 23.1. The molecule has 1 N–H and O–H groups in total. The molecule has 0 amide bonds. The van der Waals surface area contributed by atoms with Gasteiger partial charge in [-0.2, -0.15) is 74.6 Å². The fourth-order valence-corrected chi connectivity index (χ4v) is 4.10. The van der Waals surface area contributed by atoms with Crippen LogP contribution in [0.5, 0.6) is 0 Å². The van der Waals surface area contributed by atoms with Gasteiger partial charge in [-0.3, -0.25) is 4.79 Å². The molecule has 0 aliphatic heterocycles. The molecular formula is C25H33F17O2. The van der Waals surface area contributed by atoms with Crippen molar-refractivity contribution < 1.29 is 84.5 Å². The standard InChI is InChI=1S/C25H33F17O2/c26-18(27,16-14-12-10-8-6-4-2-1-3-5-7-9-11-13-15-17(43)44)19(28,29)20(30,31)21(32,33)22(34,35)23(36,37)24(38,39)25(40,41)42/h1-16H2,(H,43,44). The van der Waals surface area contributed by atoms with E-state index < -0.39 is 66.4 Å². The Labute approximate surface area is 241 Å². The predicted molar refractivity (Wildman–Crippen MR) is 122 cm³/mol. The van der Waals surface area contributed by atoms with Crippen molar-refractivity contribution in [1.82, 2.24) is 0 Å². The minimum absolute atomic E-state index is 0.0569. The van der Waals surface area contributed by atoms with Crippen molar-refractivity contribution in [2.45, 2.75) is 150 Å². The van der Waals surface area contributed by atoms with Gasteiger partial charge in [0.05, 0.1) is 0 Å². The van der Waals surface area contributed by atoms with E-state index in [1.165, 1.54) is 0 Å². The van der Waals surface area contributed by atoms with Gasteiger partial charge in [-0.25, -0.2) is 0 Å². The highest BCUT2D eigenvalue weighted by Gasteiger charge is 2.95. The Bertz CT molecular complexity index is 869. The molecule has 0 aromatic heterocycles. The van der Waals surface area contributed by atoms with Gasteiger partial charge in [-0.05, 0) is 12.8 Å². The lowest BCUT2D eigenvalue weighted by atomic mass is 9.87. The maximum atomic E-state index is 13.9. The van der Waals surface area contributed by atoms with Crippen molar-refractivity contribution in [1.29, 1.82) is 0 Å². The van der Waals surface area contributed by atoms with E-state index in [0.29, 0.717) is 25.7 Å². The molecule has 0 fully saturated rings. The van der Waals surface area contributed by atoms with Gasteiger partial charge in [0, 0.05) is 12.8 Å². The Balaban J connectivity index is 4.86. The van der Waals surface area contributed by atoms with Crippen molar-refractivity contribution >= 4 is 5.97 Å². The Morgan fingerprint density at radius 1 is 0.364 bits per heavy atom. The van der Waals surface area contributed by atoms with E-state index in [1.54, 1.807) is 0 Å². The van der Waals surface area contributed by atoms with E-state index in [0.717, 1.165) is 44.9 Å². The second-order valence-corrected chi connectivity index (χ2v) is 10.5.